The summed E-state index contributed by atoms with van der Waals surface area (Å²) in [4.78, 5) is 0. The van der Waals surface area contributed by atoms with Gasteiger partial charge in [-0.1, -0.05) is 43.2 Å². The fourth-order valence-corrected chi connectivity index (χ4v) is 4.77. The van der Waals surface area contributed by atoms with Crippen LogP contribution in [0.4, 0.5) is 0 Å². The van der Waals surface area contributed by atoms with Gasteiger partial charge in [-0.2, -0.15) is 0 Å². The summed E-state index contributed by atoms with van der Waals surface area (Å²) < 4.78 is 0. The summed E-state index contributed by atoms with van der Waals surface area (Å²) in [6.07, 6.45) is 17.4. The van der Waals surface area contributed by atoms with Gasteiger partial charge in [0.25, 0.3) is 0 Å². The minimum Gasteiger partial charge on any atom is -0.400 e. The normalized spacial score (nSPS) is 27.9. The van der Waals surface area contributed by atoms with Crippen molar-refractivity contribution in [1.29, 1.82) is 0 Å². The summed E-state index contributed by atoms with van der Waals surface area (Å²) in [7, 11) is 1.00. The molecule has 0 saturated heterocycles. The molecule has 1 aromatic carbocycles. The summed E-state index contributed by atoms with van der Waals surface area (Å²) in [5.74, 6) is 1.60. The fraction of sp³-hybridized carbons (Fsp3) is 0.667. The lowest BCUT2D eigenvalue weighted by atomic mass is 9.79. The molecule has 1 aromatic rings. The molecular weight excluding hydrogens is 318 g/mol. The zero-order chi connectivity index (χ0) is 19.0. The van der Waals surface area contributed by atoms with Gasteiger partial charge in [-0.15, -0.1) is 0 Å². The van der Waals surface area contributed by atoms with Crippen LogP contribution in [0.5, 0.6) is 0 Å². The largest absolute Gasteiger partial charge is 0.400 e. The Hall–Kier alpha value is -1.12. The number of unbranched alkanes of at least 4 members (excludes halogenated alkanes) is 2. The van der Waals surface area contributed by atoms with Crippen molar-refractivity contribution < 1.29 is 5.11 Å². The summed E-state index contributed by atoms with van der Waals surface area (Å²) in [6, 6.07) is 7.35. The molecule has 1 saturated carbocycles. The van der Waals surface area contributed by atoms with Crippen LogP contribution in [0.15, 0.2) is 30.4 Å². The molecule has 0 radical (unpaired) electrons. The standard InChI is InChI=1S/C23H35N.CH4O/c1-3-4-5-6-7-8-18-9-10-20-16-21(12-11-19(20)15-18)22-13-14-23(2,24)17-22;1-2/h3-4,11-12,16,18,22H,5-10,13-15,17,24H2,1-2H3;2H,1H3/b4-3-;/t18-,22+,23-;/m1./s1. The van der Waals surface area contributed by atoms with Gasteiger partial charge >= 0.3 is 0 Å². The number of fused-ring (bicyclic) bond motifs is 1. The van der Waals surface area contributed by atoms with Gasteiger partial charge in [-0.05, 0) is 93.7 Å². The molecule has 3 atom stereocenters. The van der Waals surface area contributed by atoms with Gasteiger partial charge in [0.1, 0.15) is 0 Å². The highest BCUT2D eigenvalue weighted by Gasteiger charge is 2.32. The van der Waals surface area contributed by atoms with Crippen molar-refractivity contribution in [3.63, 3.8) is 0 Å². The first-order chi connectivity index (χ1) is 12.6. The van der Waals surface area contributed by atoms with Crippen molar-refractivity contribution >= 4 is 0 Å². The highest BCUT2D eigenvalue weighted by atomic mass is 16.2. The number of nitrogens with two attached hydrogens (primary N) is 1. The van der Waals surface area contributed by atoms with E-state index in [4.69, 9.17) is 10.8 Å². The van der Waals surface area contributed by atoms with Crippen LogP contribution in [0.3, 0.4) is 0 Å². The zero-order valence-corrected chi connectivity index (χ0v) is 17.1. The number of benzene rings is 1. The van der Waals surface area contributed by atoms with Crippen molar-refractivity contribution in [3.8, 4) is 0 Å². The van der Waals surface area contributed by atoms with Crippen LogP contribution in [0.2, 0.25) is 0 Å². The van der Waals surface area contributed by atoms with Crippen LogP contribution < -0.4 is 5.73 Å². The SMILES string of the molecule is C/C=C\CCCC[C@@H]1CCc2cc([C@H]3CC[C@@](C)(N)C3)ccc2C1.CO. The molecule has 0 heterocycles. The zero-order valence-electron chi connectivity index (χ0n) is 17.1. The molecule has 0 spiro atoms. The van der Waals surface area contributed by atoms with E-state index in [-0.39, 0.29) is 5.54 Å². The molecule has 0 aliphatic heterocycles. The highest BCUT2D eigenvalue weighted by Crippen LogP contribution is 2.40. The first-order valence-electron chi connectivity index (χ1n) is 10.5. The van der Waals surface area contributed by atoms with Gasteiger partial charge < -0.3 is 10.8 Å². The quantitative estimate of drug-likeness (QED) is 0.520. The molecule has 2 heteroatoms. The topological polar surface area (TPSA) is 46.2 Å². The van der Waals surface area contributed by atoms with Gasteiger partial charge in [0.15, 0.2) is 0 Å². The van der Waals surface area contributed by atoms with E-state index in [0.717, 1.165) is 19.4 Å². The van der Waals surface area contributed by atoms with Gasteiger partial charge in [0.2, 0.25) is 0 Å². The predicted octanol–water partition coefficient (Wildman–Crippen LogP) is 5.52. The number of aliphatic hydroxyl groups excluding tert-OH is 1. The number of aliphatic hydroxyl groups is 1. The maximum atomic E-state index is 7.00. The second-order valence-corrected chi connectivity index (χ2v) is 8.58. The van der Waals surface area contributed by atoms with Crippen molar-refractivity contribution in [3.05, 3.63) is 47.0 Å². The van der Waals surface area contributed by atoms with Crippen molar-refractivity contribution in [1.82, 2.24) is 0 Å². The Morgan fingerprint density at radius 3 is 2.69 bits per heavy atom. The van der Waals surface area contributed by atoms with E-state index in [0.29, 0.717) is 5.92 Å². The Morgan fingerprint density at radius 1 is 1.19 bits per heavy atom. The van der Waals surface area contributed by atoms with Gasteiger partial charge in [-0.3, -0.25) is 0 Å². The first kappa shape index (κ1) is 21.2. The van der Waals surface area contributed by atoms with Crippen molar-refractivity contribution in [2.45, 2.75) is 89.5 Å². The molecule has 2 aliphatic carbocycles. The van der Waals surface area contributed by atoms with Crippen LogP contribution >= 0.6 is 0 Å². The second-order valence-electron chi connectivity index (χ2n) is 8.58. The molecule has 1 fully saturated rings. The first-order valence-corrected chi connectivity index (χ1v) is 10.5. The number of hydrogen-bond donors (Lipinski definition) is 2. The summed E-state index contributed by atoms with van der Waals surface area (Å²) >= 11 is 0. The molecule has 0 amide bonds. The average Bonchev–Trinajstić information content (AvgIpc) is 3.02. The Kier molecular flexibility index (Phi) is 8.37. The number of allylic oxidation sites excluding steroid dienone is 2. The molecule has 0 bridgehead atoms. The lowest BCUT2D eigenvalue weighted by molar-refractivity contribution is 0.399. The summed E-state index contributed by atoms with van der Waals surface area (Å²) in [5.41, 5.74) is 11.2. The maximum absolute atomic E-state index is 7.00. The van der Waals surface area contributed by atoms with E-state index in [9.17, 15) is 0 Å². The molecule has 0 unspecified atom stereocenters. The molecule has 146 valence electrons. The van der Waals surface area contributed by atoms with Gasteiger partial charge in [0, 0.05) is 12.6 Å². The third-order valence-corrected chi connectivity index (χ3v) is 6.28. The number of rotatable bonds is 6. The molecule has 2 aliphatic rings. The highest BCUT2D eigenvalue weighted by molar-refractivity contribution is 5.36. The van der Waals surface area contributed by atoms with Gasteiger partial charge in [0.05, 0.1) is 0 Å². The summed E-state index contributed by atoms with van der Waals surface area (Å²) in [5, 5.41) is 7.00. The van der Waals surface area contributed by atoms with E-state index >= 15 is 0 Å². The van der Waals surface area contributed by atoms with E-state index in [1.807, 2.05) is 0 Å². The third-order valence-electron chi connectivity index (χ3n) is 6.28. The van der Waals surface area contributed by atoms with Crippen molar-refractivity contribution in [2.24, 2.45) is 11.7 Å². The van der Waals surface area contributed by atoms with E-state index < -0.39 is 0 Å². The minimum absolute atomic E-state index is 0.0542. The molecule has 2 nitrogen and oxygen atoms in total. The smallest absolute Gasteiger partial charge is 0.0319 e. The summed E-state index contributed by atoms with van der Waals surface area (Å²) in [6.45, 7) is 4.33. The number of aryl methyl sites for hydroxylation is 1. The fourth-order valence-electron chi connectivity index (χ4n) is 4.77. The Morgan fingerprint density at radius 2 is 2.00 bits per heavy atom. The Bertz CT molecular complexity index is 576. The minimum atomic E-state index is 0.0542. The molecule has 3 N–H and O–H groups in total. The third kappa shape index (κ3) is 5.96. The molecule has 3 rings (SSSR count). The lowest BCUT2D eigenvalue weighted by Gasteiger charge is -2.26. The average molecular weight is 358 g/mol. The van der Waals surface area contributed by atoms with Crippen LogP contribution in [0, 0.1) is 5.92 Å². The maximum Gasteiger partial charge on any atom is 0.0319 e. The molecule has 0 aromatic heterocycles. The van der Waals surface area contributed by atoms with E-state index in [1.54, 1.807) is 16.7 Å². The Labute approximate surface area is 160 Å². The molecule has 26 heavy (non-hydrogen) atoms. The van der Waals surface area contributed by atoms with Crippen LogP contribution in [-0.2, 0) is 12.8 Å². The van der Waals surface area contributed by atoms with Crippen LogP contribution in [0.25, 0.3) is 0 Å². The molecular formula is C24H39NO. The second kappa shape index (κ2) is 10.3. The van der Waals surface area contributed by atoms with Crippen molar-refractivity contribution in [2.75, 3.05) is 7.11 Å². The van der Waals surface area contributed by atoms with Crippen LogP contribution in [0.1, 0.15) is 87.8 Å². The number of hydrogen-bond acceptors (Lipinski definition) is 2. The van der Waals surface area contributed by atoms with E-state index in [1.165, 1.54) is 57.8 Å². The Balaban J connectivity index is 0.00000117. The monoisotopic (exact) mass is 357 g/mol. The van der Waals surface area contributed by atoms with E-state index in [2.05, 4.69) is 44.2 Å². The van der Waals surface area contributed by atoms with Gasteiger partial charge in [-0.25, -0.2) is 0 Å². The van der Waals surface area contributed by atoms with Crippen LogP contribution in [-0.4, -0.2) is 17.8 Å². The predicted molar refractivity (Wildman–Crippen MR) is 113 cm³/mol. The lowest BCUT2D eigenvalue weighted by Crippen LogP contribution is -2.32.